The largest absolute Gasteiger partial charge is 0.396 e. The molecule has 3 aromatic rings. The van der Waals surface area contributed by atoms with Gasteiger partial charge in [0.15, 0.2) is 4.96 Å². The van der Waals surface area contributed by atoms with Crippen molar-refractivity contribution in [1.82, 2.24) is 14.3 Å². The lowest BCUT2D eigenvalue weighted by Crippen LogP contribution is -2.40. The SMILES string of the molecule is O=C(c1cccc(NCc2cc(=O)n3ccsc3n2)c1)N1CCCC(CO)C1. The number of nitrogens with zero attached hydrogens (tertiary/aromatic N) is 3. The highest BCUT2D eigenvalue weighted by Crippen LogP contribution is 2.20. The number of nitrogens with one attached hydrogen (secondary N) is 1. The van der Waals surface area contributed by atoms with E-state index in [1.54, 1.807) is 12.3 Å². The molecule has 3 heterocycles. The highest BCUT2D eigenvalue weighted by atomic mass is 32.1. The Morgan fingerprint density at radius 3 is 3.11 bits per heavy atom. The number of aromatic nitrogens is 2. The van der Waals surface area contributed by atoms with Gasteiger partial charge in [0.2, 0.25) is 0 Å². The summed E-state index contributed by atoms with van der Waals surface area (Å²) in [6, 6.07) is 8.87. The fraction of sp³-hybridized carbons (Fsp3) is 0.350. The number of anilines is 1. The number of amides is 1. The molecule has 4 rings (SSSR count). The van der Waals surface area contributed by atoms with E-state index in [1.807, 2.05) is 28.5 Å². The van der Waals surface area contributed by atoms with E-state index < -0.39 is 0 Å². The van der Waals surface area contributed by atoms with Gasteiger partial charge in [-0.15, -0.1) is 11.3 Å². The highest BCUT2D eigenvalue weighted by Gasteiger charge is 2.24. The van der Waals surface area contributed by atoms with Crippen molar-refractivity contribution in [2.45, 2.75) is 19.4 Å². The van der Waals surface area contributed by atoms with Gasteiger partial charge in [0, 0.05) is 48.6 Å². The third-order valence-corrected chi connectivity index (χ3v) is 5.76. The maximum absolute atomic E-state index is 12.8. The molecule has 146 valence electrons. The average Bonchev–Trinajstić information content (AvgIpc) is 3.21. The number of thiazole rings is 1. The molecule has 0 saturated carbocycles. The van der Waals surface area contributed by atoms with Crippen LogP contribution < -0.4 is 10.9 Å². The average molecular weight is 398 g/mol. The van der Waals surface area contributed by atoms with Crippen LogP contribution in [0.4, 0.5) is 5.69 Å². The molecule has 1 aromatic carbocycles. The molecule has 1 amide bonds. The number of aliphatic hydroxyl groups excluding tert-OH is 1. The van der Waals surface area contributed by atoms with Gasteiger partial charge in [-0.05, 0) is 37.0 Å². The Morgan fingerprint density at radius 2 is 2.25 bits per heavy atom. The summed E-state index contributed by atoms with van der Waals surface area (Å²) in [5.41, 5.74) is 1.97. The fourth-order valence-electron chi connectivity index (χ4n) is 3.51. The molecule has 0 aliphatic carbocycles. The first-order chi connectivity index (χ1) is 13.6. The Bertz CT molecular complexity index is 1050. The molecule has 1 aliphatic heterocycles. The number of piperidine rings is 1. The fourth-order valence-corrected chi connectivity index (χ4v) is 4.25. The molecule has 1 fully saturated rings. The molecular formula is C20H22N4O3S. The second-order valence-corrected chi connectivity index (χ2v) is 7.89. The van der Waals surface area contributed by atoms with Crippen LogP contribution in [0.25, 0.3) is 4.96 Å². The van der Waals surface area contributed by atoms with E-state index in [-0.39, 0.29) is 24.0 Å². The third-order valence-electron chi connectivity index (χ3n) is 5.00. The Kier molecular flexibility index (Phi) is 5.40. The van der Waals surface area contributed by atoms with Crippen LogP contribution in [0.2, 0.25) is 0 Å². The van der Waals surface area contributed by atoms with E-state index in [0.29, 0.717) is 29.3 Å². The van der Waals surface area contributed by atoms with Crippen LogP contribution in [0, 0.1) is 5.92 Å². The van der Waals surface area contributed by atoms with Gasteiger partial charge in [0.1, 0.15) is 0 Å². The van der Waals surface area contributed by atoms with E-state index in [2.05, 4.69) is 10.3 Å². The highest BCUT2D eigenvalue weighted by molar-refractivity contribution is 7.15. The summed E-state index contributed by atoms with van der Waals surface area (Å²) in [5.74, 6) is 0.148. The summed E-state index contributed by atoms with van der Waals surface area (Å²) >= 11 is 1.42. The van der Waals surface area contributed by atoms with Gasteiger partial charge in [-0.2, -0.15) is 0 Å². The van der Waals surface area contributed by atoms with Gasteiger partial charge in [-0.3, -0.25) is 14.0 Å². The van der Waals surface area contributed by atoms with E-state index in [9.17, 15) is 14.7 Å². The number of fused-ring (bicyclic) bond motifs is 1. The van der Waals surface area contributed by atoms with E-state index in [0.717, 1.165) is 25.1 Å². The van der Waals surface area contributed by atoms with Crippen molar-refractivity contribution in [3.05, 3.63) is 63.5 Å². The summed E-state index contributed by atoms with van der Waals surface area (Å²) < 4.78 is 1.52. The smallest absolute Gasteiger partial charge is 0.258 e. The Morgan fingerprint density at radius 1 is 1.36 bits per heavy atom. The van der Waals surface area contributed by atoms with Crippen molar-refractivity contribution in [2.24, 2.45) is 5.92 Å². The monoisotopic (exact) mass is 398 g/mol. The number of rotatable bonds is 5. The zero-order valence-corrected chi connectivity index (χ0v) is 16.2. The maximum Gasteiger partial charge on any atom is 0.258 e. The normalized spacial score (nSPS) is 17.0. The predicted octanol–water partition coefficient (Wildman–Crippen LogP) is 2.21. The number of benzene rings is 1. The summed E-state index contributed by atoms with van der Waals surface area (Å²) in [6.45, 7) is 1.84. The first-order valence-corrected chi connectivity index (χ1v) is 10.2. The summed E-state index contributed by atoms with van der Waals surface area (Å²) in [4.78, 5) is 31.8. The van der Waals surface area contributed by atoms with Crippen LogP contribution in [-0.4, -0.2) is 45.0 Å². The van der Waals surface area contributed by atoms with Crippen LogP contribution in [0.15, 0.2) is 46.7 Å². The van der Waals surface area contributed by atoms with Crippen molar-refractivity contribution in [2.75, 3.05) is 25.0 Å². The van der Waals surface area contributed by atoms with Crippen molar-refractivity contribution in [3.8, 4) is 0 Å². The molecule has 0 bridgehead atoms. The number of hydrogen-bond donors (Lipinski definition) is 2. The molecule has 1 aliphatic rings. The van der Waals surface area contributed by atoms with Crippen molar-refractivity contribution >= 4 is 27.9 Å². The molecule has 2 N–H and O–H groups in total. The van der Waals surface area contributed by atoms with E-state index in [4.69, 9.17) is 0 Å². The number of aliphatic hydroxyl groups is 1. The molecule has 2 aromatic heterocycles. The number of hydrogen-bond acceptors (Lipinski definition) is 6. The molecular weight excluding hydrogens is 376 g/mol. The Labute approximate surface area is 166 Å². The molecule has 0 radical (unpaired) electrons. The molecule has 0 spiro atoms. The standard InChI is InChI=1S/C20H22N4O3S/c25-13-14-3-2-6-23(12-14)19(27)15-4-1-5-16(9-15)21-11-17-10-18(26)24-7-8-28-20(24)22-17/h1,4-5,7-10,14,21,25H,2-3,6,11-13H2. The summed E-state index contributed by atoms with van der Waals surface area (Å²) in [7, 11) is 0. The maximum atomic E-state index is 12.8. The van der Waals surface area contributed by atoms with Crippen LogP contribution >= 0.6 is 11.3 Å². The van der Waals surface area contributed by atoms with E-state index in [1.165, 1.54) is 21.8 Å². The molecule has 1 unspecified atom stereocenters. The topological polar surface area (TPSA) is 86.9 Å². The molecule has 8 heteroatoms. The third kappa shape index (κ3) is 3.93. The second-order valence-electron chi connectivity index (χ2n) is 7.02. The van der Waals surface area contributed by atoms with Gasteiger partial charge < -0.3 is 15.3 Å². The Balaban J connectivity index is 1.46. The van der Waals surface area contributed by atoms with Crippen molar-refractivity contribution < 1.29 is 9.90 Å². The van der Waals surface area contributed by atoms with E-state index >= 15 is 0 Å². The number of likely N-dealkylation sites (tertiary alicyclic amines) is 1. The zero-order chi connectivity index (χ0) is 19.5. The summed E-state index contributed by atoms with van der Waals surface area (Å²) in [5, 5.41) is 14.5. The quantitative estimate of drug-likeness (QED) is 0.688. The second kappa shape index (κ2) is 8.12. The van der Waals surface area contributed by atoms with Gasteiger partial charge in [0.05, 0.1) is 12.2 Å². The van der Waals surface area contributed by atoms with Crippen LogP contribution in [0.3, 0.4) is 0 Å². The summed E-state index contributed by atoms with van der Waals surface area (Å²) in [6.07, 6.45) is 3.59. The molecule has 1 atom stereocenters. The number of carbonyl (C=O) groups is 1. The first kappa shape index (κ1) is 18.6. The van der Waals surface area contributed by atoms with Gasteiger partial charge in [-0.25, -0.2) is 4.98 Å². The lowest BCUT2D eigenvalue weighted by Gasteiger charge is -2.32. The Hall–Kier alpha value is -2.71. The van der Waals surface area contributed by atoms with Gasteiger partial charge in [-0.1, -0.05) is 6.07 Å². The van der Waals surface area contributed by atoms with Crippen molar-refractivity contribution in [1.29, 1.82) is 0 Å². The van der Waals surface area contributed by atoms with Crippen molar-refractivity contribution in [3.63, 3.8) is 0 Å². The lowest BCUT2D eigenvalue weighted by molar-refractivity contribution is 0.0621. The van der Waals surface area contributed by atoms with Crippen LogP contribution in [-0.2, 0) is 6.54 Å². The lowest BCUT2D eigenvalue weighted by atomic mass is 9.98. The zero-order valence-electron chi connectivity index (χ0n) is 15.4. The molecule has 1 saturated heterocycles. The van der Waals surface area contributed by atoms with Crippen LogP contribution in [0.1, 0.15) is 28.9 Å². The van der Waals surface area contributed by atoms with Gasteiger partial charge >= 0.3 is 0 Å². The number of carbonyl (C=O) groups excluding carboxylic acids is 1. The minimum absolute atomic E-state index is 0.0156. The molecule has 7 nitrogen and oxygen atoms in total. The minimum Gasteiger partial charge on any atom is -0.396 e. The van der Waals surface area contributed by atoms with Gasteiger partial charge in [0.25, 0.3) is 11.5 Å². The predicted molar refractivity (Wildman–Crippen MR) is 109 cm³/mol. The minimum atomic E-state index is -0.101. The van der Waals surface area contributed by atoms with Crippen LogP contribution in [0.5, 0.6) is 0 Å². The first-order valence-electron chi connectivity index (χ1n) is 9.34. The molecule has 28 heavy (non-hydrogen) atoms.